The number of ether oxygens (including phenoxy) is 2. The molecule has 0 saturated carbocycles. The summed E-state index contributed by atoms with van der Waals surface area (Å²) in [6.07, 6.45) is 3.69. The molecular formula is C23H18ClF2N3O5. The summed E-state index contributed by atoms with van der Waals surface area (Å²) in [4.78, 5) is 33.5. The third-order valence-electron chi connectivity index (χ3n) is 5.25. The van der Waals surface area contributed by atoms with E-state index in [0.29, 0.717) is 16.8 Å². The van der Waals surface area contributed by atoms with E-state index in [-0.39, 0.29) is 35.9 Å². The van der Waals surface area contributed by atoms with E-state index in [2.05, 4.69) is 9.97 Å². The first-order valence-electron chi connectivity index (χ1n) is 10.1. The van der Waals surface area contributed by atoms with Crippen molar-refractivity contribution < 1.29 is 33.0 Å². The van der Waals surface area contributed by atoms with Crippen LogP contribution in [0.5, 0.6) is 5.75 Å². The largest absolute Gasteiger partial charge is 0.482 e. The molecule has 1 atom stereocenters. The highest BCUT2D eigenvalue weighted by Crippen LogP contribution is 2.41. The van der Waals surface area contributed by atoms with Crippen molar-refractivity contribution in [1.29, 1.82) is 0 Å². The fourth-order valence-electron chi connectivity index (χ4n) is 3.81. The Hall–Kier alpha value is -3.79. The van der Waals surface area contributed by atoms with Crippen LogP contribution in [0.4, 0.5) is 13.6 Å². The Morgan fingerprint density at radius 2 is 2.00 bits per heavy atom. The molecule has 1 aromatic heterocycles. The van der Waals surface area contributed by atoms with Crippen molar-refractivity contribution >= 4 is 23.7 Å². The van der Waals surface area contributed by atoms with Crippen LogP contribution in [0.2, 0.25) is 5.02 Å². The van der Waals surface area contributed by atoms with Gasteiger partial charge in [-0.1, -0.05) is 17.7 Å². The Morgan fingerprint density at radius 3 is 2.74 bits per heavy atom. The quantitative estimate of drug-likeness (QED) is 0.554. The molecular weight excluding hydrogens is 472 g/mol. The highest BCUT2D eigenvalue weighted by molar-refractivity contribution is 6.30. The molecule has 0 fully saturated rings. The maximum absolute atomic E-state index is 14.6. The number of carboxylic acid groups (broad SMARTS) is 1. The van der Waals surface area contributed by atoms with Gasteiger partial charge in [-0.25, -0.2) is 18.4 Å². The van der Waals surface area contributed by atoms with Crippen LogP contribution in [0.15, 0.2) is 48.9 Å². The summed E-state index contributed by atoms with van der Waals surface area (Å²) < 4.78 is 39.4. The molecule has 34 heavy (non-hydrogen) atoms. The number of aliphatic carboxylic acids is 1. The van der Waals surface area contributed by atoms with Crippen molar-refractivity contribution in [1.82, 2.24) is 14.9 Å². The van der Waals surface area contributed by atoms with Crippen LogP contribution in [-0.4, -0.2) is 45.2 Å². The van der Waals surface area contributed by atoms with Crippen molar-refractivity contribution in [2.45, 2.75) is 19.1 Å². The molecule has 4 rings (SSSR count). The third kappa shape index (κ3) is 4.91. The van der Waals surface area contributed by atoms with Crippen LogP contribution >= 0.6 is 11.6 Å². The zero-order chi connectivity index (χ0) is 24.2. The molecule has 0 spiro atoms. The minimum absolute atomic E-state index is 0.00221. The van der Waals surface area contributed by atoms with E-state index in [1.807, 2.05) is 0 Å². The smallest absolute Gasteiger partial charge is 0.410 e. The van der Waals surface area contributed by atoms with Gasteiger partial charge in [0.2, 0.25) is 0 Å². The van der Waals surface area contributed by atoms with Gasteiger partial charge in [0.15, 0.2) is 18.2 Å². The standard InChI is InChI=1S/C23H18ClF2N3O5/c24-13-1-4-19(33-12-20(30)31)17(9-13)22-16-2-3-18(25)21(26)15(16)5-8-29(22)23(32)34-11-14-10-27-6-7-28-14/h1-4,6-7,9-10,22H,5,8,11-12H2,(H,30,31). The molecule has 0 saturated heterocycles. The Balaban J connectivity index is 1.75. The minimum atomic E-state index is -1.21. The Kier molecular flexibility index (Phi) is 6.87. The number of carbonyl (C=O) groups excluding carboxylic acids is 1. The summed E-state index contributed by atoms with van der Waals surface area (Å²) >= 11 is 6.19. The number of hydrogen-bond donors (Lipinski definition) is 1. The first-order valence-corrected chi connectivity index (χ1v) is 10.5. The highest BCUT2D eigenvalue weighted by atomic mass is 35.5. The Bertz CT molecular complexity index is 1230. The van der Waals surface area contributed by atoms with Crippen molar-refractivity contribution in [3.63, 3.8) is 0 Å². The summed E-state index contributed by atoms with van der Waals surface area (Å²) in [7, 11) is 0. The first kappa shape index (κ1) is 23.4. The predicted octanol–water partition coefficient (Wildman–Crippen LogP) is 4.16. The van der Waals surface area contributed by atoms with Crippen molar-refractivity contribution in [3.8, 4) is 5.75 Å². The molecule has 0 radical (unpaired) electrons. The zero-order valence-corrected chi connectivity index (χ0v) is 18.3. The molecule has 1 aliphatic heterocycles. The van der Waals surface area contributed by atoms with Crippen LogP contribution in [0.25, 0.3) is 0 Å². The Morgan fingerprint density at radius 1 is 1.18 bits per heavy atom. The van der Waals surface area contributed by atoms with E-state index < -0.39 is 36.3 Å². The Labute approximate surface area is 197 Å². The summed E-state index contributed by atoms with van der Waals surface area (Å²) in [5.41, 5.74) is 1.14. The van der Waals surface area contributed by atoms with Crippen LogP contribution in [0.1, 0.15) is 28.4 Å². The topological polar surface area (TPSA) is 102 Å². The molecule has 1 N–H and O–H groups in total. The number of aromatic nitrogens is 2. The number of rotatable bonds is 6. The van der Waals surface area contributed by atoms with E-state index in [9.17, 15) is 18.4 Å². The SMILES string of the molecule is O=C(O)COc1ccc(Cl)cc1C1c2ccc(F)c(F)c2CCN1C(=O)OCc1cnccn1. The van der Waals surface area contributed by atoms with Gasteiger partial charge in [-0.2, -0.15) is 0 Å². The van der Waals surface area contributed by atoms with Gasteiger partial charge < -0.3 is 14.6 Å². The van der Waals surface area contributed by atoms with Gasteiger partial charge in [0.1, 0.15) is 12.4 Å². The van der Waals surface area contributed by atoms with E-state index in [0.717, 1.165) is 6.07 Å². The van der Waals surface area contributed by atoms with E-state index in [4.69, 9.17) is 26.2 Å². The van der Waals surface area contributed by atoms with Crippen LogP contribution in [0, 0.1) is 11.6 Å². The molecule has 3 aromatic rings. The molecule has 2 heterocycles. The summed E-state index contributed by atoms with van der Waals surface area (Å²) in [5.74, 6) is -3.10. The first-order chi connectivity index (χ1) is 16.3. The van der Waals surface area contributed by atoms with E-state index in [1.165, 1.54) is 47.8 Å². The average molecular weight is 490 g/mol. The van der Waals surface area contributed by atoms with Gasteiger partial charge >= 0.3 is 12.1 Å². The number of carbonyl (C=O) groups is 2. The minimum Gasteiger partial charge on any atom is -0.482 e. The number of halogens is 3. The lowest BCUT2D eigenvalue weighted by molar-refractivity contribution is -0.139. The van der Waals surface area contributed by atoms with Crippen LogP contribution < -0.4 is 4.74 Å². The maximum atomic E-state index is 14.6. The zero-order valence-electron chi connectivity index (χ0n) is 17.6. The molecule has 0 aliphatic carbocycles. The van der Waals surface area contributed by atoms with Gasteiger partial charge in [0, 0.05) is 29.5 Å². The van der Waals surface area contributed by atoms with Crippen molar-refractivity contribution in [2.75, 3.05) is 13.2 Å². The van der Waals surface area contributed by atoms with Crippen molar-refractivity contribution in [3.05, 3.63) is 88.0 Å². The van der Waals surface area contributed by atoms with E-state index in [1.54, 1.807) is 0 Å². The normalized spacial score (nSPS) is 14.9. The van der Waals surface area contributed by atoms with Gasteiger partial charge in [-0.15, -0.1) is 0 Å². The number of nitrogens with zero attached hydrogens (tertiary/aromatic N) is 3. The third-order valence-corrected chi connectivity index (χ3v) is 5.49. The van der Waals surface area contributed by atoms with E-state index >= 15 is 0 Å². The van der Waals surface area contributed by atoms with Crippen LogP contribution in [-0.2, 0) is 22.6 Å². The maximum Gasteiger partial charge on any atom is 0.410 e. The molecule has 11 heteroatoms. The fraction of sp³-hybridized carbons (Fsp3) is 0.217. The molecule has 1 aliphatic rings. The molecule has 176 valence electrons. The molecule has 1 amide bonds. The summed E-state index contributed by atoms with van der Waals surface area (Å²) in [6, 6.07) is 5.81. The number of hydrogen-bond acceptors (Lipinski definition) is 6. The number of amides is 1. The number of carboxylic acids is 1. The van der Waals surface area contributed by atoms with Gasteiger partial charge in [-0.3, -0.25) is 14.9 Å². The number of fused-ring (bicyclic) bond motifs is 1. The highest BCUT2D eigenvalue weighted by Gasteiger charge is 2.37. The summed E-state index contributed by atoms with van der Waals surface area (Å²) in [5, 5.41) is 9.31. The van der Waals surface area contributed by atoms with Gasteiger partial charge in [0.25, 0.3) is 0 Å². The van der Waals surface area contributed by atoms with Gasteiger partial charge in [-0.05, 0) is 41.8 Å². The molecule has 1 unspecified atom stereocenters. The lowest BCUT2D eigenvalue weighted by Crippen LogP contribution is -2.41. The predicted molar refractivity (Wildman–Crippen MR) is 115 cm³/mol. The van der Waals surface area contributed by atoms with Crippen LogP contribution in [0.3, 0.4) is 0 Å². The lowest BCUT2D eigenvalue weighted by Gasteiger charge is -2.37. The van der Waals surface area contributed by atoms with Crippen molar-refractivity contribution in [2.24, 2.45) is 0 Å². The summed E-state index contributed by atoms with van der Waals surface area (Å²) in [6.45, 7) is -0.802. The number of benzene rings is 2. The van der Waals surface area contributed by atoms with Gasteiger partial charge in [0.05, 0.1) is 17.9 Å². The second-order valence-corrected chi connectivity index (χ2v) is 7.83. The molecule has 2 aromatic carbocycles. The average Bonchev–Trinajstić information content (AvgIpc) is 2.84. The second kappa shape index (κ2) is 10.0. The second-order valence-electron chi connectivity index (χ2n) is 7.39. The fourth-order valence-corrected chi connectivity index (χ4v) is 3.99. The monoisotopic (exact) mass is 489 g/mol. The molecule has 8 nitrogen and oxygen atoms in total. The molecule has 0 bridgehead atoms. The lowest BCUT2D eigenvalue weighted by atomic mass is 9.87.